The Kier molecular flexibility index (Phi) is 5.15. The number of benzene rings is 2. The fourth-order valence-electron chi connectivity index (χ4n) is 2.06. The number of nitrogens with one attached hydrogen (secondary N) is 1. The molecule has 106 valence electrons. The molecule has 1 atom stereocenters. The van der Waals surface area contributed by atoms with Crippen molar-refractivity contribution in [2.24, 2.45) is 0 Å². The zero-order chi connectivity index (χ0) is 14.5. The Balaban J connectivity index is 2.16. The van der Waals surface area contributed by atoms with Crippen molar-refractivity contribution in [3.8, 4) is 11.5 Å². The van der Waals surface area contributed by atoms with Crippen molar-refractivity contribution in [1.29, 1.82) is 0 Å². The third kappa shape index (κ3) is 3.58. The molecule has 0 aromatic heterocycles. The van der Waals surface area contributed by atoms with Crippen LogP contribution in [0.1, 0.15) is 24.9 Å². The van der Waals surface area contributed by atoms with Crippen LogP contribution >= 0.6 is 15.9 Å². The van der Waals surface area contributed by atoms with Crippen molar-refractivity contribution in [3.63, 3.8) is 0 Å². The van der Waals surface area contributed by atoms with Gasteiger partial charge in [0.15, 0.2) is 0 Å². The van der Waals surface area contributed by atoms with Gasteiger partial charge < -0.3 is 10.1 Å². The predicted molar refractivity (Wildman–Crippen MR) is 82.7 cm³/mol. The van der Waals surface area contributed by atoms with Crippen molar-refractivity contribution >= 4 is 15.9 Å². The molecule has 2 nitrogen and oxygen atoms in total. The van der Waals surface area contributed by atoms with E-state index in [9.17, 15) is 4.39 Å². The first-order valence-electron chi connectivity index (χ1n) is 6.54. The van der Waals surface area contributed by atoms with Crippen LogP contribution in [0.5, 0.6) is 11.5 Å². The van der Waals surface area contributed by atoms with Crippen LogP contribution in [0.4, 0.5) is 4.39 Å². The summed E-state index contributed by atoms with van der Waals surface area (Å²) in [5.74, 6) is 0.838. The molecule has 0 spiro atoms. The van der Waals surface area contributed by atoms with E-state index in [1.807, 2.05) is 31.3 Å². The van der Waals surface area contributed by atoms with Crippen molar-refractivity contribution in [2.45, 2.75) is 19.4 Å². The lowest BCUT2D eigenvalue weighted by atomic mass is 10.0. The minimum atomic E-state index is -0.318. The SMILES string of the molecule is CCC(NC)c1ccc(Oc2cc(F)ccc2Br)cc1. The molecule has 0 saturated heterocycles. The van der Waals surface area contributed by atoms with Gasteiger partial charge in [-0.25, -0.2) is 4.39 Å². The summed E-state index contributed by atoms with van der Waals surface area (Å²) in [6.07, 6.45) is 1.02. The maximum Gasteiger partial charge on any atom is 0.144 e. The Hall–Kier alpha value is -1.39. The smallest absolute Gasteiger partial charge is 0.144 e. The van der Waals surface area contributed by atoms with E-state index >= 15 is 0 Å². The molecule has 4 heteroatoms. The molecule has 0 bridgehead atoms. The summed E-state index contributed by atoms with van der Waals surface area (Å²) in [6.45, 7) is 2.13. The topological polar surface area (TPSA) is 21.3 Å². The molecule has 1 N–H and O–H groups in total. The van der Waals surface area contributed by atoms with E-state index in [4.69, 9.17) is 4.74 Å². The lowest BCUT2D eigenvalue weighted by Gasteiger charge is -2.15. The van der Waals surface area contributed by atoms with Crippen LogP contribution in [0.2, 0.25) is 0 Å². The van der Waals surface area contributed by atoms with Crippen LogP contribution in [-0.2, 0) is 0 Å². The van der Waals surface area contributed by atoms with Crippen LogP contribution < -0.4 is 10.1 Å². The van der Waals surface area contributed by atoms with Crippen molar-refractivity contribution in [1.82, 2.24) is 5.32 Å². The van der Waals surface area contributed by atoms with Gasteiger partial charge in [0.25, 0.3) is 0 Å². The Labute approximate surface area is 127 Å². The fourth-order valence-corrected chi connectivity index (χ4v) is 2.38. The van der Waals surface area contributed by atoms with E-state index < -0.39 is 0 Å². The number of halogens is 2. The number of rotatable bonds is 5. The Morgan fingerprint density at radius 1 is 1.20 bits per heavy atom. The van der Waals surface area contributed by atoms with Gasteiger partial charge in [-0.2, -0.15) is 0 Å². The maximum atomic E-state index is 13.2. The van der Waals surface area contributed by atoms with Crippen molar-refractivity contribution in [3.05, 3.63) is 58.3 Å². The second-order valence-corrected chi connectivity index (χ2v) is 5.35. The zero-order valence-electron chi connectivity index (χ0n) is 11.5. The second-order valence-electron chi connectivity index (χ2n) is 4.50. The lowest BCUT2D eigenvalue weighted by molar-refractivity contribution is 0.472. The molecule has 0 saturated carbocycles. The van der Waals surface area contributed by atoms with E-state index in [2.05, 4.69) is 28.2 Å². The fraction of sp³-hybridized carbons (Fsp3) is 0.250. The number of hydrogen-bond donors (Lipinski definition) is 1. The highest BCUT2D eigenvalue weighted by atomic mass is 79.9. The molecule has 0 radical (unpaired) electrons. The minimum absolute atomic E-state index is 0.318. The molecule has 2 rings (SSSR count). The van der Waals surface area contributed by atoms with Crippen LogP contribution in [0.25, 0.3) is 0 Å². The van der Waals surface area contributed by atoms with Crippen LogP contribution in [-0.4, -0.2) is 7.05 Å². The summed E-state index contributed by atoms with van der Waals surface area (Å²) < 4.78 is 19.6. The highest BCUT2D eigenvalue weighted by Crippen LogP contribution is 2.31. The highest BCUT2D eigenvalue weighted by molar-refractivity contribution is 9.10. The van der Waals surface area contributed by atoms with E-state index in [0.717, 1.165) is 10.9 Å². The van der Waals surface area contributed by atoms with E-state index in [1.54, 1.807) is 6.07 Å². The summed E-state index contributed by atoms with van der Waals surface area (Å²) in [5, 5.41) is 3.26. The van der Waals surface area contributed by atoms with E-state index in [0.29, 0.717) is 17.5 Å². The molecule has 20 heavy (non-hydrogen) atoms. The lowest BCUT2D eigenvalue weighted by Crippen LogP contribution is -2.14. The molecule has 1 unspecified atom stereocenters. The molecule has 0 aliphatic heterocycles. The molecule has 0 fully saturated rings. The first-order valence-corrected chi connectivity index (χ1v) is 7.33. The number of hydrogen-bond acceptors (Lipinski definition) is 2. The third-order valence-electron chi connectivity index (χ3n) is 3.16. The molecule has 0 amide bonds. The standard InChI is InChI=1S/C16H17BrFNO/c1-3-15(19-2)11-4-7-13(8-5-11)20-16-10-12(18)6-9-14(16)17/h4-10,15,19H,3H2,1-2H3. The zero-order valence-corrected chi connectivity index (χ0v) is 13.1. The van der Waals surface area contributed by atoms with Gasteiger partial charge in [-0.3, -0.25) is 0 Å². The second kappa shape index (κ2) is 6.86. The molecule has 0 aliphatic rings. The summed E-state index contributed by atoms with van der Waals surface area (Å²) in [4.78, 5) is 0. The summed E-state index contributed by atoms with van der Waals surface area (Å²) in [6, 6.07) is 12.6. The Bertz CT molecular complexity index is 567. The molecular formula is C16H17BrFNO. The summed E-state index contributed by atoms with van der Waals surface area (Å²) >= 11 is 3.35. The first-order chi connectivity index (χ1) is 9.63. The van der Waals surface area contributed by atoms with E-state index in [-0.39, 0.29) is 5.82 Å². The van der Waals surface area contributed by atoms with Gasteiger partial charge in [0.2, 0.25) is 0 Å². The maximum absolute atomic E-state index is 13.2. The highest BCUT2D eigenvalue weighted by Gasteiger charge is 2.08. The predicted octanol–water partition coefficient (Wildman–Crippen LogP) is 5.05. The van der Waals surface area contributed by atoms with Gasteiger partial charge in [0, 0.05) is 12.1 Å². The summed E-state index contributed by atoms with van der Waals surface area (Å²) in [7, 11) is 1.95. The van der Waals surface area contributed by atoms with Crippen molar-refractivity contribution < 1.29 is 9.13 Å². The van der Waals surface area contributed by atoms with Gasteiger partial charge in [0.1, 0.15) is 17.3 Å². The van der Waals surface area contributed by atoms with Gasteiger partial charge >= 0.3 is 0 Å². The Morgan fingerprint density at radius 3 is 2.50 bits per heavy atom. The molecular weight excluding hydrogens is 321 g/mol. The average molecular weight is 338 g/mol. The minimum Gasteiger partial charge on any atom is -0.456 e. The first kappa shape index (κ1) is 15.0. The molecule has 0 heterocycles. The average Bonchev–Trinajstić information content (AvgIpc) is 2.46. The quantitative estimate of drug-likeness (QED) is 0.824. The van der Waals surface area contributed by atoms with Gasteiger partial charge in [0.05, 0.1) is 4.47 Å². The van der Waals surface area contributed by atoms with Gasteiger partial charge in [-0.15, -0.1) is 0 Å². The van der Waals surface area contributed by atoms with Crippen molar-refractivity contribution in [2.75, 3.05) is 7.05 Å². The monoisotopic (exact) mass is 337 g/mol. The third-order valence-corrected chi connectivity index (χ3v) is 3.82. The van der Waals surface area contributed by atoms with Gasteiger partial charge in [-0.05, 0) is 59.2 Å². The van der Waals surface area contributed by atoms with Crippen LogP contribution in [0.15, 0.2) is 46.9 Å². The normalized spacial score (nSPS) is 12.2. The Morgan fingerprint density at radius 2 is 1.90 bits per heavy atom. The molecule has 0 aliphatic carbocycles. The number of ether oxygens (including phenoxy) is 1. The van der Waals surface area contributed by atoms with Crippen LogP contribution in [0.3, 0.4) is 0 Å². The molecule has 2 aromatic rings. The largest absolute Gasteiger partial charge is 0.456 e. The van der Waals surface area contributed by atoms with Crippen LogP contribution in [0, 0.1) is 5.82 Å². The van der Waals surface area contributed by atoms with Gasteiger partial charge in [-0.1, -0.05) is 19.1 Å². The van der Waals surface area contributed by atoms with E-state index in [1.165, 1.54) is 17.7 Å². The summed E-state index contributed by atoms with van der Waals surface area (Å²) in [5.41, 5.74) is 1.21. The molecule has 2 aromatic carbocycles.